The number of hydrogen-bond acceptors (Lipinski definition) is 6. The van der Waals surface area contributed by atoms with Crippen LogP contribution in [0.1, 0.15) is 36.8 Å². The van der Waals surface area contributed by atoms with E-state index in [1.807, 2.05) is 55.8 Å². The second-order valence-corrected chi connectivity index (χ2v) is 11.0. The van der Waals surface area contributed by atoms with Crippen molar-refractivity contribution in [2.24, 2.45) is 0 Å². The van der Waals surface area contributed by atoms with Crippen molar-refractivity contribution in [3.63, 3.8) is 0 Å². The smallest absolute Gasteiger partial charge is 0.292 e. The molecule has 10 nitrogen and oxygen atoms in total. The first-order chi connectivity index (χ1) is 16.9. The van der Waals surface area contributed by atoms with Gasteiger partial charge in [-0.25, -0.2) is 27.6 Å². The van der Waals surface area contributed by atoms with Crippen LogP contribution in [0.2, 0.25) is 0 Å². The van der Waals surface area contributed by atoms with Crippen molar-refractivity contribution in [2.45, 2.75) is 26.2 Å². The highest BCUT2D eigenvalue weighted by Gasteiger charge is 2.22. The molecule has 4 aromatic rings. The highest BCUT2D eigenvalue weighted by atomic mass is 32.2. The molecule has 3 amide bonds. The quantitative estimate of drug-likeness (QED) is 0.374. The van der Waals surface area contributed by atoms with Gasteiger partial charge in [0, 0.05) is 22.4 Å². The van der Waals surface area contributed by atoms with Gasteiger partial charge in [-0.2, -0.15) is 5.10 Å². The Labute approximate surface area is 208 Å². The van der Waals surface area contributed by atoms with E-state index in [-0.39, 0.29) is 11.0 Å². The molecule has 0 spiro atoms. The van der Waals surface area contributed by atoms with Crippen LogP contribution in [0, 0.1) is 0 Å². The number of benzene rings is 2. The van der Waals surface area contributed by atoms with E-state index in [9.17, 15) is 18.0 Å². The number of anilines is 2. The lowest BCUT2D eigenvalue weighted by Gasteiger charge is -2.14. The zero-order valence-corrected chi connectivity index (χ0v) is 21.1. The second-order valence-electron chi connectivity index (χ2n) is 9.30. The summed E-state index contributed by atoms with van der Waals surface area (Å²) in [4.78, 5) is 29.4. The minimum atomic E-state index is -3.68. The summed E-state index contributed by atoms with van der Waals surface area (Å²) in [6, 6.07) is 18.7. The predicted octanol–water partition coefficient (Wildman–Crippen LogP) is 4.05. The molecule has 0 saturated heterocycles. The standard InChI is InChI=1S/C25H26N6O4S/c1-25(2,3)20-15-22(28-24(33)27-21-14-11-16-7-5-6-8-19(16)26-21)31(29-20)18-12-9-17(10-13-18)23(32)30-36(4,34)35/h5-15H,1-4H3,(H,30,32)(H2,26,27,28,33). The largest absolute Gasteiger partial charge is 0.326 e. The second kappa shape index (κ2) is 9.42. The molecule has 2 aromatic carbocycles. The molecule has 11 heteroatoms. The summed E-state index contributed by atoms with van der Waals surface area (Å²) in [5.74, 6) is 0.0709. The first kappa shape index (κ1) is 24.9. The van der Waals surface area contributed by atoms with E-state index >= 15 is 0 Å². The number of nitrogens with zero attached hydrogens (tertiary/aromatic N) is 3. The number of para-hydroxylation sites is 1. The lowest BCUT2D eigenvalue weighted by Crippen LogP contribution is -2.29. The van der Waals surface area contributed by atoms with Gasteiger partial charge in [0.1, 0.15) is 11.6 Å². The molecule has 0 radical (unpaired) electrons. The normalized spacial score (nSPS) is 11.8. The van der Waals surface area contributed by atoms with E-state index < -0.39 is 22.0 Å². The molecule has 2 heterocycles. The highest BCUT2D eigenvalue weighted by molar-refractivity contribution is 7.89. The fourth-order valence-corrected chi connectivity index (χ4v) is 3.87. The van der Waals surface area contributed by atoms with Gasteiger partial charge in [0.2, 0.25) is 10.0 Å². The third-order valence-corrected chi connectivity index (χ3v) is 5.77. The Morgan fingerprint density at radius 3 is 2.28 bits per heavy atom. The molecule has 0 atom stereocenters. The molecule has 0 fully saturated rings. The molecule has 0 unspecified atom stereocenters. The number of carbonyl (C=O) groups is 2. The van der Waals surface area contributed by atoms with Gasteiger partial charge in [0.25, 0.3) is 5.91 Å². The number of amides is 3. The molecule has 0 saturated carbocycles. The number of nitrogens with one attached hydrogen (secondary N) is 3. The van der Waals surface area contributed by atoms with Gasteiger partial charge >= 0.3 is 6.03 Å². The molecule has 0 aliphatic heterocycles. The number of urea groups is 1. The van der Waals surface area contributed by atoms with Crippen LogP contribution in [-0.4, -0.2) is 41.4 Å². The summed E-state index contributed by atoms with van der Waals surface area (Å²) in [6.07, 6.45) is 0.910. The van der Waals surface area contributed by atoms with Gasteiger partial charge in [-0.3, -0.25) is 15.4 Å². The van der Waals surface area contributed by atoms with Gasteiger partial charge in [-0.05, 0) is 42.5 Å². The maximum absolute atomic E-state index is 12.8. The third kappa shape index (κ3) is 5.87. The van der Waals surface area contributed by atoms with E-state index in [4.69, 9.17) is 0 Å². The summed E-state index contributed by atoms with van der Waals surface area (Å²) in [6.45, 7) is 6.00. The molecule has 0 bridgehead atoms. The average Bonchev–Trinajstić information content (AvgIpc) is 3.22. The van der Waals surface area contributed by atoms with Crippen molar-refractivity contribution in [3.8, 4) is 5.69 Å². The van der Waals surface area contributed by atoms with E-state index in [2.05, 4.69) is 20.7 Å². The van der Waals surface area contributed by atoms with Crippen molar-refractivity contribution in [3.05, 3.63) is 78.0 Å². The molecule has 186 valence electrons. The van der Waals surface area contributed by atoms with Gasteiger partial charge in [-0.15, -0.1) is 0 Å². The molecule has 0 aliphatic rings. The maximum atomic E-state index is 12.8. The Kier molecular flexibility index (Phi) is 6.51. The summed E-state index contributed by atoms with van der Waals surface area (Å²) >= 11 is 0. The SMILES string of the molecule is CC(C)(C)c1cc(NC(=O)Nc2ccc3ccccc3n2)n(-c2ccc(C(=O)NS(C)(=O)=O)cc2)n1. The van der Waals surface area contributed by atoms with Crippen LogP contribution < -0.4 is 15.4 Å². The maximum Gasteiger partial charge on any atom is 0.326 e. The highest BCUT2D eigenvalue weighted by Crippen LogP contribution is 2.27. The number of fused-ring (bicyclic) bond motifs is 1. The van der Waals surface area contributed by atoms with E-state index in [1.165, 1.54) is 12.1 Å². The number of pyridine rings is 1. The summed E-state index contributed by atoms with van der Waals surface area (Å²) in [5, 5.41) is 11.2. The monoisotopic (exact) mass is 506 g/mol. The van der Waals surface area contributed by atoms with Gasteiger partial charge in [0.15, 0.2) is 0 Å². The first-order valence-electron chi connectivity index (χ1n) is 11.1. The van der Waals surface area contributed by atoms with E-state index in [1.54, 1.807) is 28.9 Å². The lowest BCUT2D eigenvalue weighted by atomic mass is 9.92. The average molecular weight is 507 g/mol. The minimum absolute atomic E-state index is 0.169. The molecule has 4 rings (SSSR count). The van der Waals surface area contributed by atoms with Crippen LogP contribution in [0.5, 0.6) is 0 Å². The summed E-state index contributed by atoms with van der Waals surface area (Å²) < 4.78 is 26.2. The summed E-state index contributed by atoms with van der Waals surface area (Å²) in [7, 11) is -3.68. The minimum Gasteiger partial charge on any atom is -0.292 e. The topological polar surface area (TPSA) is 135 Å². The van der Waals surface area contributed by atoms with Crippen LogP contribution in [0.4, 0.5) is 16.4 Å². The zero-order valence-electron chi connectivity index (χ0n) is 20.2. The zero-order chi connectivity index (χ0) is 26.1. The number of sulfonamides is 1. The fourth-order valence-electron chi connectivity index (χ4n) is 3.41. The van der Waals surface area contributed by atoms with E-state index in [0.717, 1.165) is 22.9 Å². The Bertz CT molecular complexity index is 1550. The van der Waals surface area contributed by atoms with Crippen LogP contribution in [0.15, 0.2) is 66.7 Å². The number of aromatic nitrogens is 3. The van der Waals surface area contributed by atoms with Crippen LogP contribution in [0.3, 0.4) is 0 Å². The van der Waals surface area contributed by atoms with E-state index in [0.29, 0.717) is 17.3 Å². The Hall–Kier alpha value is -4.25. The Balaban J connectivity index is 1.59. The predicted molar refractivity (Wildman–Crippen MR) is 139 cm³/mol. The summed E-state index contributed by atoms with van der Waals surface area (Å²) in [5.41, 5.74) is 1.94. The molecule has 36 heavy (non-hydrogen) atoms. The lowest BCUT2D eigenvalue weighted by molar-refractivity contribution is 0.0981. The molecular formula is C25H26N6O4S. The van der Waals surface area contributed by atoms with Crippen molar-refractivity contribution < 1.29 is 18.0 Å². The molecule has 2 aromatic heterocycles. The van der Waals surface area contributed by atoms with Gasteiger partial charge in [-0.1, -0.05) is 39.0 Å². The van der Waals surface area contributed by atoms with Gasteiger partial charge in [0.05, 0.1) is 23.2 Å². The van der Waals surface area contributed by atoms with Crippen LogP contribution >= 0.6 is 0 Å². The van der Waals surface area contributed by atoms with Crippen LogP contribution in [-0.2, 0) is 15.4 Å². The molecule has 0 aliphatic carbocycles. The number of hydrogen-bond donors (Lipinski definition) is 3. The number of rotatable bonds is 5. The fraction of sp³-hybridized carbons (Fsp3) is 0.200. The number of carbonyl (C=O) groups excluding carboxylic acids is 2. The molecule has 3 N–H and O–H groups in total. The van der Waals surface area contributed by atoms with Gasteiger partial charge < -0.3 is 0 Å². The van der Waals surface area contributed by atoms with Crippen molar-refractivity contribution >= 4 is 44.5 Å². The first-order valence-corrected chi connectivity index (χ1v) is 13.0. The van der Waals surface area contributed by atoms with Crippen molar-refractivity contribution in [2.75, 3.05) is 16.9 Å². The Morgan fingerprint density at radius 1 is 0.917 bits per heavy atom. The van der Waals surface area contributed by atoms with Crippen LogP contribution in [0.25, 0.3) is 16.6 Å². The third-order valence-electron chi connectivity index (χ3n) is 5.21. The van der Waals surface area contributed by atoms with Crippen molar-refractivity contribution in [1.29, 1.82) is 0 Å². The molecular weight excluding hydrogens is 480 g/mol. The van der Waals surface area contributed by atoms with Crippen molar-refractivity contribution in [1.82, 2.24) is 19.5 Å². The Morgan fingerprint density at radius 2 is 1.61 bits per heavy atom.